The molecular formula is C16H20N2O3S. The summed E-state index contributed by atoms with van der Waals surface area (Å²) in [6.07, 6.45) is 3.12. The van der Waals surface area contributed by atoms with Crippen LogP contribution >= 0.6 is 11.8 Å². The molecule has 6 heteroatoms. The molecule has 1 aromatic carbocycles. The van der Waals surface area contributed by atoms with Gasteiger partial charge in [-0.1, -0.05) is 18.2 Å². The lowest BCUT2D eigenvalue weighted by Gasteiger charge is -2.05. The highest BCUT2D eigenvalue weighted by molar-refractivity contribution is 7.99. The van der Waals surface area contributed by atoms with Gasteiger partial charge in [0.2, 0.25) is 5.91 Å². The topological polar surface area (TPSA) is 71.2 Å². The standard InChI is InChI=1S/C16H20N2O3S/c1-21-16(20)7-9-22-11-15(19)17-8-6-12-10-18-14-5-3-2-4-13(12)14/h2-5,10,18H,6-9,11H2,1H3,(H,17,19). The van der Waals surface area contributed by atoms with Crippen molar-refractivity contribution in [1.29, 1.82) is 0 Å². The lowest BCUT2D eigenvalue weighted by molar-refractivity contribution is -0.140. The van der Waals surface area contributed by atoms with Crippen LogP contribution in [-0.4, -0.2) is 42.0 Å². The number of fused-ring (bicyclic) bond motifs is 1. The van der Waals surface area contributed by atoms with E-state index in [4.69, 9.17) is 0 Å². The minimum Gasteiger partial charge on any atom is -0.469 e. The number of aromatic amines is 1. The number of hydrogen-bond acceptors (Lipinski definition) is 4. The Kier molecular flexibility index (Phi) is 6.33. The van der Waals surface area contributed by atoms with Crippen LogP contribution in [0.2, 0.25) is 0 Å². The summed E-state index contributed by atoms with van der Waals surface area (Å²) in [5, 5.41) is 4.10. The molecule has 1 aromatic heterocycles. The number of H-pyrrole nitrogens is 1. The van der Waals surface area contributed by atoms with Crippen LogP contribution in [0.4, 0.5) is 0 Å². The molecule has 0 fully saturated rings. The molecule has 0 atom stereocenters. The van der Waals surface area contributed by atoms with Gasteiger partial charge in [-0.2, -0.15) is 11.8 Å². The second-order valence-electron chi connectivity index (χ2n) is 4.84. The van der Waals surface area contributed by atoms with E-state index in [0.29, 0.717) is 24.5 Å². The molecule has 2 N–H and O–H groups in total. The Balaban J connectivity index is 1.66. The fraction of sp³-hybridized carbons (Fsp3) is 0.375. The smallest absolute Gasteiger partial charge is 0.306 e. The largest absolute Gasteiger partial charge is 0.469 e. The normalized spacial score (nSPS) is 10.6. The molecule has 0 unspecified atom stereocenters. The molecule has 0 saturated heterocycles. The van der Waals surface area contributed by atoms with Gasteiger partial charge in [-0.05, 0) is 18.1 Å². The molecule has 2 aromatic rings. The summed E-state index contributed by atoms with van der Waals surface area (Å²) in [5.74, 6) is 0.718. The van der Waals surface area contributed by atoms with Crippen molar-refractivity contribution in [1.82, 2.24) is 10.3 Å². The zero-order chi connectivity index (χ0) is 15.8. The van der Waals surface area contributed by atoms with Crippen LogP contribution in [-0.2, 0) is 20.7 Å². The third-order valence-corrected chi connectivity index (χ3v) is 4.26. The van der Waals surface area contributed by atoms with Gasteiger partial charge in [0.1, 0.15) is 0 Å². The molecule has 1 heterocycles. The van der Waals surface area contributed by atoms with Gasteiger partial charge < -0.3 is 15.0 Å². The number of carbonyl (C=O) groups excluding carboxylic acids is 2. The van der Waals surface area contributed by atoms with E-state index in [1.165, 1.54) is 29.8 Å². The molecule has 0 bridgehead atoms. The highest BCUT2D eigenvalue weighted by atomic mass is 32.2. The zero-order valence-corrected chi connectivity index (χ0v) is 13.4. The van der Waals surface area contributed by atoms with Crippen molar-refractivity contribution in [3.05, 3.63) is 36.0 Å². The molecule has 2 rings (SSSR count). The molecule has 1 amide bonds. The van der Waals surface area contributed by atoms with E-state index in [9.17, 15) is 9.59 Å². The molecule has 0 aliphatic heterocycles. The van der Waals surface area contributed by atoms with Gasteiger partial charge in [-0.15, -0.1) is 0 Å². The van der Waals surface area contributed by atoms with Crippen LogP contribution in [0.5, 0.6) is 0 Å². The van der Waals surface area contributed by atoms with Crippen molar-refractivity contribution in [2.45, 2.75) is 12.8 Å². The summed E-state index contributed by atoms with van der Waals surface area (Å²) in [6, 6.07) is 8.12. The quantitative estimate of drug-likeness (QED) is 0.577. The number of benzene rings is 1. The van der Waals surface area contributed by atoms with E-state index in [0.717, 1.165) is 11.9 Å². The number of methoxy groups -OCH3 is 1. The first kappa shape index (κ1) is 16.4. The first-order valence-electron chi connectivity index (χ1n) is 7.17. The van der Waals surface area contributed by atoms with Gasteiger partial charge in [-0.3, -0.25) is 9.59 Å². The molecule has 0 radical (unpaired) electrons. The van der Waals surface area contributed by atoms with E-state index in [2.05, 4.69) is 21.1 Å². The highest BCUT2D eigenvalue weighted by Gasteiger charge is 2.06. The van der Waals surface area contributed by atoms with Crippen molar-refractivity contribution >= 4 is 34.5 Å². The Morgan fingerprint density at radius 1 is 1.32 bits per heavy atom. The van der Waals surface area contributed by atoms with Crippen LogP contribution in [0.3, 0.4) is 0 Å². The molecular weight excluding hydrogens is 300 g/mol. The first-order valence-corrected chi connectivity index (χ1v) is 8.32. The minimum atomic E-state index is -0.243. The number of nitrogens with one attached hydrogen (secondary N) is 2. The predicted molar refractivity (Wildman–Crippen MR) is 89.0 cm³/mol. The van der Waals surface area contributed by atoms with Crippen molar-refractivity contribution in [3.8, 4) is 0 Å². The first-order chi connectivity index (χ1) is 10.7. The third kappa shape index (κ3) is 4.80. The molecule has 0 spiro atoms. The average molecular weight is 320 g/mol. The molecule has 0 aliphatic carbocycles. The monoisotopic (exact) mass is 320 g/mol. The predicted octanol–water partition coefficient (Wildman–Crippen LogP) is 2.12. The summed E-state index contributed by atoms with van der Waals surface area (Å²) in [7, 11) is 1.37. The SMILES string of the molecule is COC(=O)CCSCC(=O)NCCc1c[nH]c2ccccc12. The van der Waals surface area contributed by atoms with Gasteiger partial charge in [0.05, 0.1) is 19.3 Å². The van der Waals surface area contributed by atoms with E-state index in [-0.39, 0.29) is 11.9 Å². The van der Waals surface area contributed by atoms with E-state index >= 15 is 0 Å². The Morgan fingerprint density at radius 3 is 2.95 bits per heavy atom. The van der Waals surface area contributed by atoms with Crippen LogP contribution in [0, 0.1) is 0 Å². The number of para-hydroxylation sites is 1. The number of carbonyl (C=O) groups is 2. The van der Waals surface area contributed by atoms with Gasteiger partial charge in [0, 0.05) is 29.4 Å². The number of esters is 1. The Labute approximate surface area is 133 Å². The van der Waals surface area contributed by atoms with Gasteiger partial charge >= 0.3 is 5.97 Å². The summed E-state index contributed by atoms with van der Waals surface area (Å²) < 4.78 is 4.54. The van der Waals surface area contributed by atoms with Crippen LogP contribution in [0.25, 0.3) is 10.9 Å². The lowest BCUT2D eigenvalue weighted by atomic mass is 10.1. The summed E-state index contributed by atoms with van der Waals surface area (Å²) in [5.41, 5.74) is 2.32. The highest BCUT2D eigenvalue weighted by Crippen LogP contribution is 2.17. The summed E-state index contributed by atoms with van der Waals surface area (Å²) >= 11 is 1.44. The lowest BCUT2D eigenvalue weighted by Crippen LogP contribution is -2.27. The number of ether oxygens (including phenoxy) is 1. The maximum Gasteiger partial charge on any atom is 0.306 e. The number of thioether (sulfide) groups is 1. The maximum absolute atomic E-state index is 11.7. The van der Waals surface area contributed by atoms with Gasteiger partial charge in [0.15, 0.2) is 0 Å². The summed E-state index contributed by atoms with van der Waals surface area (Å²) in [6.45, 7) is 0.609. The Bertz CT molecular complexity index is 639. The molecule has 5 nitrogen and oxygen atoms in total. The van der Waals surface area contributed by atoms with Crippen molar-refractivity contribution in [3.63, 3.8) is 0 Å². The van der Waals surface area contributed by atoms with E-state index in [1.54, 1.807) is 0 Å². The molecule has 22 heavy (non-hydrogen) atoms. The fourth-order valence-electron chi connectivity index (χ4n) is 2.15. The number of aromatic nitrogens is 1. The van der Waals surface area contributed by atoms with E-state index in [1.807, 2.05) is 24.4 Å². The Hall–Kier alpha value is -1.95. The number of hydrogen-bond donors (Lipinski definition) is 2. The second-order valence-corrected chi connectivity index (χ2v) is 5.94. The van der Waals surface area contributed by atoms with Crippen molar-refractivity contribution in [2.75, 3.05) is 25.2 Å². The number of amides is 1. The zero-order valence-electron chi connectivity index (χ0n) is 12.6. The third-order valence-electron chi connectivity index (χ3n) is 3.30. The molecule has 118 valence electrons. The maximum atomic E-state index is 11.7. The molecule has 0 aliphatic rings. The summed E-state index contributed by atoms with van der Waals surface area (Å²) in [4.78, 5) is 25.8. The Morgan fingerprint density at radius 2 is 2.14 bits per heavy atom. The molecule has 0 saturated carbocycles. The number of rotatable bonds is 8. The van der Waals surface area contributed by atoms with Gasteiger partial charge in [0.25, 0.3) is 0 Å². The second kappa shape index (κ2) is 8.48. The van der Waals surface area contributed by atoms with E-state index < -0.39 is 0 Å². The fourth-order valence-corrected chi connectivity index (χ4v) is 2.89. The van der Waals surface area contributed by atoms with Crippen LogP contribution in [0.1, 0.15) is 12.0 Å². The van der Waals surface area contributed by atoms with Crippen molar-refractivity contribution < 1.29 is 14.3 Å². The van der Waals surface area contributed by atoms with Crippen LogP contribution < -0.4 is 5.32 Å². The average Bonchev–Trinajstić information content (AvgIpc) is 2.95. The van der Waals surface area contributed by atoms with Crippen molar-refractivity contribution in [2.24, 2.45) is 0 Å². The minimum absolute atomic E-state index is 0.00490. The van der Waals surface area contributed by atoms with Crippen LogP contribution in [0.15, 0.2) is 30.5 Å². The van der Waals surface area contributed by atoms with Gasteiger partial charge in [-0.25, -0.2) is 0 Å².